The molecule has 15 heavy (non-hydrogen) atoms. The topological polar surface area (TPSA) is 50.1 Å². The molecule has 1 rings (SSSR count). The Hall–Kier alpha value is -0.880. The number of methoxy groups -OCH3 is 1. The van der Waals surface area contributed by atoms with E-state index in [0.717, 1.165) is 25.7 Å². The minimum absolute atomic E-state index is 0.0564. The normalized spacial score (nSPS) is 20.1. The van der Waals surface area contributed by atoms with E-state index in [-0.39, 0.29) is 11.4 Å². The summed E-state index contributed by atoms with van der Waals surface area (Å²) in [7, 11) is 1.66. The molecule has 1 fully saturated rings. The van der Waals surface area contributed by atoms with Crippen LogP contribution in [0.15, 0.2) is 0 Å². The molecule has 0 amide bonds. The van der Waals surface area contributed by atoms with Crippen LogP contribution in [0.25, 0.3) is 0 Å². The SMILES string of the molecule is CCCC(C#N)C(=O)CC1(OC)CCC1. The van der Waals surface area contributed by atoms with Gasteiger partial charge >= 0.3 is 0 Å². The van der Waals surface area contributed by atoms with Gasteiger partial charge in [0.05, 0.1) is 11.7 Å². The summed E-state index contributed by atoms with van der Waals surface area (Å²) in [5, 5.41) is 8.88. The highest BCUT2D eigenvalue weighted by molar-refractivity contribution is 5.84. The number of rotatable bonds is 6. The fraction of sp³-hybridized carbons (Fsp3) is 0.833. The Morgan fingerprint density at radius 3 is 2.60 bits per heavy atom. The van der Waals surface area contributed by atoms with E-state index in [9.17, 15) is 4.79 Å². The molecule has 0 heterocycles. The Kier molecular flexibility index (Phi) is 4.28. The van der Waals surface area contributed by atoms with Crippen molar-refractivity contribution in [2.24, 2.45) is 5.92 Å². The van der Waals surface area contributed by atoms with Crippen LogP contribution in [0.5, 0.6) is 0 Å². The Labute approximate surface area is 91.4 Å². The first-order valence-corrected chi connectivity index (χ1v) is 5.65. The Balaban J connectivity index is 2.50. The van der Waals surface area contributed by atoms with Gasteiger partial charge in [0.2, 0.25) is 0 Å². The van der Waals surface area contributed by atoms with Gasteiger partial charge in [-0.15, -0.1) is 0 Å². The van der Waals surface area contributed by atoms with Gasteiger partial charge in [0.1, 0.15) is 5.92 Å². The van der Waals surface area contributed by atoms with E-state index >= 15 is 0 Å². The van der Waals surface area contributed by atoms with E-state index in [0.29, 0.717) is 12.8 Å². The minimum Gasteiger partial charge on any atom is -0.378 e. The molecule has 0 spiro atoms. The molecule has 1 saturated carbocycles. The summed E-state index contributed by atoms with van der Waals surface area (Å²) in [4.78, 5) is 11.8. The third-order valence-corrected chi connectivity index (χ3v) is 3.32. The number of Topliss-reactive ketones (excluding diaryl/α,β-unsaturated/α-hetero) is 1. The largest absolute Gasteiger partial charge is 0.378 e. The van der Waals surface area contributed by atoms with E-state index < -0.39 is 5.92 Å². The molecule has 3 heteroatoms. The van der Waals surface area contributed by atoms with Crippen molar-refractivity contribution in [2.45, 2.75) is 51.0 Å². The van der Waals surface area contributed by atoms with Gasteiger partial charge in [0.25, 0.3) is 0 Å². The molecular formula is C12H19NO2. The maximum absolute atomic E-state index is 11.8. The summed E-state index contributed by atoms with van der Waals surface area (Å²) in [6, 6.07) is 2.09. The van der Waals surface area contributed by atoms with E-state index in [4.69, 9.17) is 10.00 Å². The molecule has 3 nitrogen and oxygen atoms in total. The van der Waals surface area contributed by atoms with E-state index in [1.807, 2.05) is 6.92 Å². The van der Waals surface area contributed by atoms with Crippen LogP contribution in [-0.2, 0) is 9.53 Å². The number of ether oxygens (including phenoxy) is 1. The molecule has 0 radical (unpaired) electrons. The van der Waals surface area contributed by atoms with E-state index in [2.05, 4.69) is 6.07 Å². The van der Waals surface area contributed by atoms with Crippen molar-refractivity contribution in [3.05, 3.63) is 0 Å². The van der Waals surface area contributed by atoms with Crippen molar-refractivity contribution in [2.75, 3.05) is 7.11 Å². The lowest BCUT2D eigenvalue weighted by Gasteiger charge is -2.40. The van der Waals surface area contributed by atoms with Crippen molar-refractivity contribution in [3.63, 3.8) is 0 Å². The van der Waals surface area contributed by atoms with Crippen LogP contribution in [0, 0.1) is 17.2 Å². The maximum Gasteiger partial charge on any atom is 0.152 e. The second-order valence-corrected chi connectivity index (χ2v) is 4.35. The van der Waals surface area contributed by atoms with Crippen LogP contribution >= 0.6 is 0 Å². The van der Waals surface area contributed by atoms with Crippen LogP contribution in [-0.4, -0.2) is 18.5 Å². The molecule has 1 atom stereocenters. The van der Waals surface area contributed by atoms with Gasteiger partial charge in [-0.3, -0.25) is 4.79 Å². The molecule has 0 bridgehead atoms. The predicted octanol–water partition coefficient (Wildman–Crippen LogP) is 2.45. The van der Waals surface area contributed by atoms with Crippen LogP contribution in [0.3, 0.4) is 0 Å². The van der Waals surface area contributed by atoms with Crippen LogP contribution < -0.4 is 0 Å². The molecular weight excluding hydrogens is 190 g/mol. The van der Waals surface area contributed by atoms with Gasteiger partial charge in [-0.05, 0) is 25.7 Å². The summed E-state index contributed by atoms with van der Waals surface area (Å²) in [5.74, 6) is -0.372. The van der Waals surface area contributed by atoms with Crippen molar-refractivity contribution in [1.29, 1.82) is 5.26 Å². The lowest BCUT2D eigenvalue weighted by Crippen LogP contribution is -2.42. The Bertz CT molecular complexity index is 258. The lowest BCUT2D eigenvalue weighted by atomic mass is 9.75. The minimum atomic E-state index is -0.428. The van der Waals surface area contributed by atoms with E-state index in [1.165, 1.54) is 0 Å². The van der Waals surface area contributed by atoms with Gasteiger partial charge in [0, 0.05) is 13.5 Å². The Morgan fingerprint density at radius 1 is 1.60 bits per heavy atom. The summed E-state index contributed by atoms with van der Waals surface area (Å²) in [5.41, 5.74) is -0.236. The number of nitrogens with zero attached hydrogens (tertiary/aromatic N) is 1. The first kappa shape index (κ1) is 12.2. The fourth-order valence-electron chi connectivity index (χ4n) is 2.05. The molecule has 0 N–H and O–H groups in total. The standard InChI is InChI=1S/C12H19NO2/c1-3-5-10(9-13)11(14)8-12(15-2)6-4-7-12/h10H,3-8H2,1-2H3. The zero-order valence-electron chi connectivity index (χ0n) is 9.58. The maximum atomic E-state index is 11.8. The van der Waals surface area contributed by atoms with Gasteiger partial charge in [-0.1, -0.05) is 13.3 Å². The number of carbonyl (C=O) groups excluding carboxylic acids is 1. The van der Waals surface area contributed by atoms with Crippen LogP contribution in [0.4, 0.5) is 0 Å². The number of ketones is 1. The molecule has 1 aliphatic carbocycles. The Morgan fingerprint density at radius 2 is 2.27 bits per heavy atom. The average molecular weight is 209 g/mol. The first-order chi connectivity index (χ1) is 7.17. The summed E-state index contributed by atoms with van der Waals surface area (Å²) in [6.07, 6.45) is 5.02. The molecule has 0 aromatic carbocycles. The van der Waals surface area contributed by atoms with Gasteiger partial charge < -0.3 is 4.74 Å². The zero-order chi connectivity index (χ0) is 11.3. The van der Waals surface area contributed by atoms with Crippen molar-refractivity contribution >= 4 is 5.78 Å². The van der Waals surface area contributed by atoms with Crippen molar-refractivity contribution < 1.29 is 9.53 Å². The molecule has 0 aromatic heterocycles. The highest BCUT2D eigenvalue weighted by Gasteiger charge is 2.40. The molecule has 0 aromatic rings. The highest BCUT2D eigenvalue weighted by Crippen LogP contribution is 2.38. The third-order valence-electron chi connectivity index (χ3n) is 3.32. The molecule has 1 aliphatic rings. The van der Waals surface area contributed by atoms with Crippen LogP contribution in [0.1, 0.15) is 45.4 Å². The molecule has 84 valence electrons. The molecule has 1 unspecified atom stereocenters. The summed E-state index contributed by atoms with van der Waals surface area (Å²) >= 11 is 0. The number of carbonyl (C=O) groups is 1. The number of hydrogen-bond acceptors (Lipinski definition) is 3. The first-order valence-electron chi connectivity index (χ1n) is 5.65. The molecule has 0 saturated heterocycles. The molecule has 0 aliphatic heterocycles. The monoisotopic (exact) mass is 209 g/mol. The van der Waals surface area contributed by atoms with Crippen molar-refractivity contribution in [1.82, 2.24) is 0 Å². The fourth-order valence-corrected chi connectivity index (χ4v) is 2.05. The van der Waals surface area contributed by atoms with E-state index in [1.54, 1.807) is 7.11 Å². The van der Waals surface area contributed by atoms with Crippen molar-refractivity contribution in [3.8, 4) is 6.07 Å². The summed E-state index contributed by atoms with van der Waals surface area (Å²) in [6.45, 7) is 1.99. The van der Waals surface area contributed by atoms with Gasteiger partial charge in [0.15, 0.2) is 5.78 Å². The smallest absolute Gasteiger partial charge is 0.152 e. The second kappa shape index (κ2) is 5.27. The highest BCUT2D eigenvalue weighted by atomic mass is 16.5. The third kappa shape index (κ3) is 2.79. The predicted molar refractivity (Wildman–Crippen MR) is 57.2 cm³/mol. The average Bonchev–Trinajstić information content (AvgIpc) is 2.19. The quantitative estimate of drug-likeness (QED) is 0.675. The van der Waals surface area contributed by atoms with Crippen LogP contribution in [0.2, 0.25) is 0 Å². The summed E-state index contributed by atoms with van der Waals surface area (Å²) < 4.78 is 5.39. The number of hydrogen-bond donors (Lipinski definition) is 0. The van der Waals surface area contributed by atoms with Gasteiger partial charge in [-0.25, -0.2) is 0 Å². The lowest BCUT2D eigenvalue weighted by molar-refractivity contribution is -0.134. The number of nitriles is 1. The zero-order valence-corrected chi connectivity index (χ0v) is 9.58. The second-order valence-electron chi connectivity index (χ2n) is 4.35. The van der Waals surface area contributed by atoms with Gasteiger partial charge in [-0.2, -0.15) is 5.26 Å².